The number of sulfonamides is 1. The van der Waals surface area contributed by atoms with E-state index in [0.29, 0.717) is 6.54 Å². The number of para-hydroxylation sites is 2. The Morgan fingerprint density at radius 3 is 2.67 bits per heavy atom. The summed E-state index contributed by atoms with van der Waals surface area (Å²) in [6.45, 7) is 0.489. The van der Waals surface area contributed by atoms with Gasteiger partial charge in [0.1, 0.15) is 0 Å². The van der Waals surface area contributed by atoms with Crippen LogP contribution in [0.1, 0.15) is 25.7 Å². The molecule has 4 nitrogen and oxygen atoms in total. The van der Waals surface area contributed by atoms with Crippen LogP contribution in [0.5, 0.6) is 0 Å². The predicted molar refractivity (Wildman–Crippen MR) is 73.5 cm³/mol. The number of hydrogen-bond donors (Lipinski definition) is 1. The normalized spacial score (nSPS) is 23.2. The van der Waals surface area contributed by atoms with Crippen molar-refractivity contribution in [2.75, 3.05) is 21.9 Å². The molecule has 0 aromatic heterocycles. The first-order valence-corrected chi connectivity index (χ1v) is 8.14. The average Bonchev–Trinajstić information content (AvgIpc) is 2.80. The first-order valence-electron chi connectivity index (χ1n) is 6.53. The maximum Gasteiger partial charge on any atom is 0.237 e. The standard InChI is InChI=1S/C13H18N2O2S/c16-18(17)10-9-14-12-7-3-4-8-13(12)15(18)11-5-1-2-6-11/h3-4,7-8,11,14H,1-2,5-6,9-10H2. The molecule has 1 heterocycles. The Bertz CT molecular complexity index is 536. The number of benzene rings is 1. The van der Waals surface area contributed by atoms with Crippen molar-refractivity contribution in [3.63, 3.8) is 0 Å². The maximum atomic E-state index is 12.4. The van der Waals surface area contributed by atoms with E-state index in [1.54, 1.807) is 4.31 Å². The van der Waals surface area contributed by atoms with E-state index in [-0.39, 0.29) is 11.8 Å². The Balaban J connectivity index is 2.10. The van der Waals surface area contributed by atoms with Gasteiger partial charge in [0.15, 0.2) is 0 Å². The Hall–Kier alpha value is -1.23. The van der Waals surface area contributed by atoms with Crippen LogP contribution < -0.4 is 9.62 Å². The summed E-state index contributed by atoms with van der Waals surface area (Å²) in [5, 5.41) is 3.21. The second kappa shape index (κ2) is 4.46. The molecule has 3 rings (SSSR count). The van der Waals surface area contributed by atoms with Crippen LogP contribution in [-0.4, -0.2) is 26.8 Å². The number of rotatable bonds is 1. The smallest absolute Gasteiger partial charge is 0.237 e. The molecular formula is C13H18N2O2S. The highest BCUT2D eigenvalue weighted by atomic mass is 32.2. The van der Waals surface area contributed by atoms with Crippen molar-refractivity contribution in [3.8, 4) is 0 Å². The first kappa shape index (κ1) is 11.8. The minimum Gasteiger partial charge on any atom is -0.382 e. The zero-order valence-corrected chi connectivity index (χ0v) is 11.1. The van der Waals surface area contributed by atoms with Gasteiger partial charge in [-0.15, -0.1) is 0 Å². The van der Waals surface area contributed by atoms with Crippen LogP contribution in [0.2, 0.25) is 0 Å². The summed E-state index contributed by atoms with van der Waals surface area (Å²) in [6, 6.07) is 7.86. The molecule has 0 saturated heterocycles. The molecular weight excluding hydrogens is 248 g/mol. The first-order chi connectivity index (χ1) is 8.68. The van der Waals surface area contributed by atoms with Crippen molar-refractivity contribution in [2.24, 2.45) is 0 Å². The van der Waals surface area contributed by atoms with Gasteiger partial charge in [0, 0.05) is 12.6 Å². The highest BCUT2D eigenvalue weighted by Crippen LogP contribution is 2.36. The SMILES string of the molecule is O=S1(=O)CCNc2ccccc2N1C1CCCC1. The average molecular weight is 266 g/mol. The lowest BCUT2D eigenvalue weighted by molar-refractivity contribution is 0.576. The van der Waals surface area contributed by atoms with Gasteiger partial charge in [-0.2, -0.15) is 0 Å². The van der Waals surface area contributed by atoms with E-state index in [9.17, 15) is 8.42 Å². The monoisotopic (exact) mass is 266 g/mol. The lowest BCUT2D eigenvalue weighted by Crippen LogP contribution is -2.40. The summed E-state index contributed by atoms with van der Waals surface area (Å²) < 4.78 is 26.6. The van der Waals surface area contributed by atoms with Crippen molar-refractivity contribution >= 4 is 21.4 Å². The lowest BCUT2D eigenvalue weighted by atomic mass is 10.2. The third kappa shape index (κ3) is 1.96. The van der Waals surface area contributed by atoms with Crippen LogP contribution in [0, 0.1) is 0 Å². The molecule has 2 aliphatic rings. The second-order valence-electron chi connectivity index (χ2n) is 4.99. The zero-order valence-electron chi connectivity index (χ0n) is 10.3. The molecule has 0 spiro atoms. The van der Waals surface area contributed by atoms with Crippen LogP contribution in [0.25, 0.3) is 0 Å². The number of anilines is 2. The second-order valence-corrected chi connectivity index (χ2v) is 6.96. The highest BCUT2D eigenvalue weighted by molar-refractivity contribution is 7.92. The van der Waals surface area contributed by atoms with Crippen molar-refractivity contribution in [2.45, 2.75) is 31.7 Å². The number of hydrogen-bond acceptors (Lipinski definition) is 3. The van der Waals surface area contributed by atoms with Crippen LogP contribution >= 0.6 is 0 Å². The molecule has 1 aliphatic carbocycles. The molecule has 1 fully saturated rings. The molecule has 0 radical (unpaired) electrons. The molecule has 0 amide bonds. The van der Waals surface area contributed by atoms with E-state index >= 15 is 0 Å². The number of nitrogens with zero attached hydrogens (tertiary/aromatic N) is 1. The van der Waals surface area contributed by atoms with Gasteiger partial charge in [-0.05, 0) is 25.0 Å². The van der Waals surface area contributed by atoms with Crippen LogP contribution in [0.3, 0.4) is 0 Å². The van der Waals surface area contributed by atoms with Crippen LogP contribution in [0.15, 0.2) is 24.3 Å². The van der Waals surface area contributed by atoms with Gasteiger partial charge in [-0.25, -0.2) is 8.42 Å². The van der Waals surface area contributed by atoms with Gasteiger partial charge in [-0.3, -0.25) is 4.31 Å². The van der Waals surface area contributed by atoms with Gasteiger partial charge in [-0.1, -0.05) is 25.0 Å². The van der Waals surface area contributed by atoms with E-state index in [1.165, 1.54) is 0 Å². The lowest BCUT2D eigenvalue weighted by Gasteiger charge is -2.29. The molecule has 0 atom stereocenters. The van der Waals surface area contributed by atoms with Crippen molar-refractivity contribution in [3.05, 3.63) is 24.3 Å². The molecule has 5 heteroatoms. The fourth-order valence-corrected chi connectivity index (χ4v) is 4.62. The number of nitrogens with one attached hydrogen (secondary N) is 1. The Morgan fingerprint density at radius 1 is 1.17 bits per heavy atom. The Kier molecular flexibility index (Phi) is 2.93. The maximum absolute atomic E-state index is 12.4. The van der Waals surface area contributed by atoms with E-state index in [0.717, 1.165) is 37.1 Å². The Labute approximate surface area is 108 Å². The van der Waals surface area contributed by atoms with E-state index < -0.39 is 10.0 Å². The fourth-order valence-electron chi connectivity index (χ4n) is 2.94. The van der Waals surface area contributed by atoms with Crippen LogP contribution in [0.4, 0.5) is 11.4 Å². The highest BCUT2D eigenvalue weighted by Gasteiger charge is 2.34. The summed E-state index contributed by atoms with van der Waals surface area (Å²) in [5.74, 6) is 0.179. The molecule has 1 aliphatic heterocycles. The topological polar surface area (TPSA) is 49.4 Å². The summed E-state index contributed by atoms with van der Waals surface area (Å²) >= 11 is 0. The summed E-state index contributed by atoms with van der Waals surface area (Å²) in [5.41, 5.74) is 1.76. The van der Waals surface area contributed by atoms with Gasteiger partial charge in [0.2, 0.25) is 10.0 Å². The third-order valence-electron chi connectivity index (χ3n) is 3.77. The molecule has 1 aromatic carbocycles. The molecule has 1 saturated carbocycles. The fraction of sp³-hybridized carbons (Fsp3) is 0.538. The minimum absolute atomic E-state index is 0.149. The molecule has 0 bridgehead atoms. The summed E-state index contributed by atoms with van der Waals surface area (Å²) in [7, 11) is -3.19. The zero-order chi connectivity index (χ0) is 12.6. The van der Waals surface area contributed by atoms with E-state index in [4.69, 9.17) is 0 Å². The number of fused-ring (bicyclic) bond motifs is 1. The van der Waals surface area contributed by atoms with Crippen molar-refractivity contribution < 1.29 is 8.42 Å². The predicted octanol–water partition coefficient (Wildman–Crippen LogP) is 2.19. The van der Waals surface area contributed by atoms with E-state index in [1.807, 2.05) is 24.3 Å². The van der Waals surface area contributed by atoms with Gasteiger partial charge in [0.25, 0.3) is 0 Å². The van der Waals surface area contributed by atoms with Gasteiger partial charge in [0.05, 0.1) is 17.1 Å². The van der Waals surface area contributed by atoms with Crippen LogP contribution in [-0.2, 0) is 10.0 Å². The van der Waals surface area contributed by atoms with Gasteiger partial charge >= 0.3 is 0 Å². The third-order valence-corrected chi connectivity index (χ3v) is 5.59. The quantitative estimate of drug-likeness (QED) is 0.847. The molecule has 18 heavy (non-hydrogen) atoms. The van der Waals surface area contributed by atoms with E-state index in [2.05, 4.69) is 5.32 Å². The molecule has 98 valence electrons. The summed E-state index contributed by atoms with van der Waals surface area (Å²) in [6.07, 6.45) is 4.22. The summed E-state index contributed by atoms with van der Waals surface area (Å²) in [4.78, 5) is 0. The largest absolute Gasteiger partial charge is 0.382 e. The van der Waals surface area contributed by atoms with Gasteiger partial charge < -0.3 is 5.32 Å². The minimum atomic E-state index is -3.19. The van der Waals surface area contributed by atoms with Crippen molar-refractivity contribution in [1.29, 1.82) is 0 Å². The molecule has 1 N–H and O–H groups in total. The molecule has 1 aromatic rings. The molecule has 0 unspecified atom stereocenters. The van der Waals surface area contributed by atoms with Crippen molar-refractivity contribution in [1.82, 2.24) is 0 Å². The Morgan fingerprint density at radius 2 is 1.89 bits per heavy atom.